The number of halogens is 2. The van der Waals surface area contributed by atoms with Gasteiger partial charge in [-0.3, -0.25) is 0 Å². The molecule has 1 aliphatic rings. The lowest BCUT2D eigenvalue weighted by Crippen LogP contribution is -1.99. The van der Waals surface area contributed by atoms with Gasteiger partial charge in [-0.15, -0.1) is 0 Å². The Balaban J connectivity index is 2.47. The fourth-order valence-corrected chi connectivity index (χ4v) is 2.17. The molecular weight excluding hydrogens is 253 g/mol. The van der Waals surface area contributed by atoms with E-state index in [4.69, 9.17) is 16.3 Å². The molecular formula is C9H9BrClNO. The summed E-state index contributed by atoms with van der Waals surface area (Å²) < 4.78 is 6.49. The summed E-state index contributed by atoms with van der Waals surface area (Å²) in [5.41, 5.74) is 0.969. The topological polar surface area (TPSA) is 21.3 Å². The van der Waals surface area contributed by atoms with Gasteiger partial charge in [-0.05, 0) is 18.6 Å². The Bertz CT molecular complexity index is 330. The van der Waals surface area contributed by atoms with Crippen molar-refractivity contribution in [3.05, 3.63) is 21.6 Å². The Morgan fingerprint density at radius 2 is 2.31 bits per heavy atom. The quantitative estimate of drug-likeness (QED) is 0.774. The van der Waals surface area contributed by atoms with Crippen LogP contribution in [-0.2, 0) is 0 Å². The molecule has 0 spiro atoms. The molecule has 1 N–H and O–H groups in total. The fourth-order valence-electron chi connectivity index (χ4n) is 1.31. The molecule has 0 saturated heterocycles. The largest absolute Gasteiger partial charge is 0.490 e. The molecule has 0 aromatic heterocycles. The minimum Gasteiger partial charge on any atom is -0.490 e. The second-order valence-corrected chi connectivity index (χ2v) is 4.22. The highest BCUT2D eigenvalue weighted by Crippen LogP contribution is 2.37. The van der Waals surface area contributed by atoms with Crippen LogP contribution in [0.3, 0.4) is 0 Å². The summed E-state index contributed by atoms with van der Waals surface area (Å²) in [6, 6.07) is 3.82. The van der Waals surface area contributed by atoms with Gasteiger partial charge in [0.15, 0.2) is 5.75 Å². The maximum absolute atomic E-state index is 6.02. The Hall–Kier alpha value is -0.410. The number of fused-ring (bicyclic) bond motifs is 1. The molecule has 70 valence electrons. The first-order valence-corrected chi connectivity index (χ1v) is 5.30. The number of anilines is 1. The molecule has 1 aromatic carbocycles. The lowest BCUT2D eigenvalue weighted by molar-refractivity contribution is 0.323. The van der Waals surface area contributed by atoms with Gasteiger partial charge in [-0.1, -0.05) is 27.5 Å². The van der Waals surface area contributed by atoms with E-state index in [1.165, 1.54) is 0 Å². The number of ether oxygens (including phenoxy) is 1. The van der Waals surface area contributed by atoms with E-state index >= 15 is 0 Å². The minimum absolute atomic E-state index is 0.652. The molecule has 0 saturated carbocycles. The Labute approximate surface area is 90.4 Å². The van der Waals surface area contributed by atoms with Crippen molar-refractivity contribution >= 4 is 33.2 Å². The third kappa shape index (κ3) is 1.92. The van der Waals surface area contributed by atoms with Gasteiger partial charge in [0.05, 0.1) is 17.3 Å². The Morgan fingerprint density at radius 1 is 1.46 bits per heavy atom. The number of nitrogens with one attached hydrogen (secondary N) is 1. The molecule has 4 heteroatoms. The van der Waals surface area contributed by atoms with Crippen LogP contribution in [0.2, 0.25) is 5.02 Å². The monoisotopic (exact) mass is 261 g/mol. The second kappa shape index (κ2) is 3.76. The fraction of sp³-hybridized carbons (Fsp3) is 0.333. The standard InChI is InChI=1S/C9H9BrClNO/c10-6-4-7(11)9-8(5-6)12-2-1-3-13-9/h4-5,12H,1-3H2. The predicted octanol–water partition coefficient (Wildman–Crippen LogP) is 3.30. The summed E-state index contributed by atoms with van der Waals surface area (Å²) in [5, 5.41) is 3.92. The van der Waals surface area contributed by atoms with Crippen molar-refractivity contribution in [3.63, 3.8) is 0 Å². The number of rotatable bonds is 0. The molecule has 2 rings (SSSR count). The maximum Gasteiger partial charge on any atom is 0.161 e. The van der Waals surface area contributed by atoms with Crippen molar-refractivity contribution in [2.75, 3.05) is 18.5 Å². The number of hydrogen-bond acceptors (Lipinski definition) is 2. The van der Waals surface area contributed by atoms with Crippen LogP contribution in [0.5, 0.6) is 5.75 Å². The molecule has 0 aliphatic carbocycles. The zero-order valence-electron chi connectivity index (χ0n) is 6.94. The minimum atomic E-state index is 0.652. The number of hydrogen-bond donors (Lipinski definition) is 1. The van der Waals surface area contributed by atoms with E-state index in [9.17, 15) is 0 Å². The summed E-state index contributed by atoms with van der Waals surface area (Å²) in [6.07, 6.45) is 1.00. The zero-order valence-corrected chi connectivity index (χ0v) is 9.28. The molecule has 13 heavy (non-hydrogen) atoms. The molecule has 0 amide bonds. The molecule has 1 aliphatic heterocycles. The van der Waals surface area contributed by atoms with Gasteiger partial charge in [0, 0.05) is 11.0 Å². The summed E-state index contributed by atoms with van der Waals surface area (Å²) >= 11 is 9.41. The number of benzene rings is 1. The van der Waals surface area contributed by atoms with Gasteiger partial charge >= 0.3 is 0 Å². The lowest BCUT2D eigenvalue weighted by atomic mass is 10.3. The lowest BCUT2D eigenvalue weighted by Gasteiger charge is -2.09. The summed E-state index contributed by atoms with van der Waals surface area (Å²) in [6.45, 7) is 1.65. The smallest absolute Gasteiger partial charge is 0.161 e. The van der Waals surface area contributed by atoms with E-state index in [0.717, 1.165) is 35.5 Å². The molecule has 0 radical (unpaired) electrons. The molecule has 0 atom stereocenters. The molecule has 1 heterocycles. The van der Waals surface area contributed by atoms with E-state index in [1.54, 1.807) is 0 Å². The first-order chi connectivity index (χ1) is 6.27. The highest BCUT2D eigenvalue weighted by Gasteiger charge is 2.12. The van der Waals surface area contributed by atoms with Gasteiger partial charge in [-0.25, -0.2) is 0 Å². The van der Waals surface area contributed by atoms with Crippen molar-refractivity contribution in [2.45, 2.75) is 6.42 Å². The van der Waals surface area contributed by atoms with Gasteiger partial charge in [0.2, 0.25) is 0 Å². The van der Waals surface area contributed by atoms with Crippen LogP contribution in [0.4, 0.5) is 5.69 Å². The van der Waals surface area contributed by atoms with E-state index in [2.05, 4.69) is 21.2 Å². The first-order valence-electron chi connectivity index (χ1n) is 4.13. The third-order valence-corrected chi connectivity index (χ3v) is 2.63. The second-order valence-electron chi connectivity index (χ2n) is 2.89. The van der Waals surface area contributed by atoms with Gasteiger partial charge in [0.1, 0.15) is 0 Å². The average molecular weight is 263 g/mol. The van der Waals surface area contributed by atoms with Crippen LogP contribution in [-0.4, -0.2) is 13.2 Å². The van der Waals surface area contributed by atoms with E-state index in [-0.39, 0.29) is 0 Å². The Morgan fingerprint density at radius 3 is 3.15 bits per heavy atom. The van der Waals surface area contributed by atoms with Gasteiger partial charge in [0.25, 0.3) is 0 Å². The van der Waals surface area contributed by atoms with Crippen LogP contribution in [0.25, 0.3) is 0 Å². The van der Waals surface area contributed by atoms with Crippen LogP contribution in [0.15, 0.2) is 16.6 Å². The third-order valence-electron chi connectivity index (χ3n) is 1.89. The first kappa shape index (κ1) is 9.16. The van der Waals surface area contributed by atoms with Crippen molar-refractivity contribution in [1.82, 2.24) is 0 Å². The van der Waals surface area contributed by atoms with Gasteiger partial charge < -0.3 is 10.1 Å². The van der Waals surface area contributed by atoms with Crippen LogP contribution >= 0.6 is 27.5 Å². The van der Waals surface area contributed by atoms with Crippen molar-refractivity contribution < 1.29 is 4.74 Å². The average Bonchev–Trinajstić information content (AvgIpc) is 2.28. The molecule has 2 nitrogen and oxygen atoms in total. The highest BCUT2D eigenvalue weighted by atomic mass is 79.9. The SMILES string of the molecule is Clc1cc(Br)cc2c1OCCCN2. The van der Waals surface area contributed by atoms with E-state index < -0.39 is 0 Å². The summed E-state index contributed by atoms with van der Waals surface area (Å²) in [7, 11) is 0. The maximum atomic E-state index is 6.02. The van der Waals surface area contributed by atoms with Crippen molar-refractivity contribution in [3.8, 4) is 5.75 Å². The highest BCUT2D eigenvalue weighted by molar-refractivity contribution is 9.10. The van der Waals surface area contributed by atoms with Crippen LogP contribution in [0.1, 0.15) is 6.42 Å². The van der Waals surface area contributed by atoms with E-state index in [0.29, 0.717) is 5.02 Å². The molecule has 1 aromatic rings. The normalized spacial score (nSPS) is 15.2. The van der Waals surface area contributed by atoms with Crippen LogP contribution < -0.4 is 10.1 Å². The molecule has 0 fully saturated rings. The summed E-state index contributed by atoms with van der Waals surface area (Å²) in [5.74, 6) is 0.766. The summed E-state index contributed by atoms with van der Waals surface area (Å²) in [4.78, 5) is 0. The van der Waals surface area contributed by atoms with Crippen molar-refractivity contribution in [1.29, 1.82) is 0 Å². The molecule has 0 unspecified atom stereocenters. The zero-order chi connectivity index (χ0) is 9.26. The van der Waals surface area contributed by atoms with Crippen LogP contribution in [0, 0.1) is 0 Å². The van der Waals surface area contributed by atoms with Gasteiger partial charge in [-0.2, -0.15) is 0 Å². The Kier molecular flexibility index (Phi) is 2.65. The van der Waals surface area contributed by atoms with Crippen molar-refractivity contribution in [2.24, 2.45) is 0 Å². The predicted molar refractivity (Wildman–Crippen MR) is 57.8 cm³/mol. The van der Waals surface area contributed by atoms with E-state index in [1.807, 2.05) is 12.1 Å². The molecule has 0 bridgehead atoms.